The van der Waals surface area contributed by atoms with Crippen LogP contribution >= 0.6 is 0 Å². The molecule has 0 unspecified atom stereocenters. The summed E-state index contributed by atoms with van der Waals surface area (Å²) in [6.45, 7) is 6.03. The predicted molar refractivity (Wildman–Crippen MR) is 104 cm³/mol. The van der Waals surface area contributed by atoms with Crippen molar-refractivity contribution in [2.75, 3.05) is 13.1 Å². The van der Waals surface area contributed by atoms with E-state index < -0.39 is 17.8 Å². The van der Waals surface area contributed by atoms with Gasteiger partial charge in [-0.15, -0.1) is 0 Å². The minimum Gasteiger partial charge on any atom is -0.340 e. The molecular weight excluding hydrogens is 413 g/mol. The Morgan fingerprint density at radius 2 is 2.06 bits per heavy atom. The van der Waals surface area contributed by atoms with Crippen LogP contribution in [0.25, 0.3) is 11.1 Å². The maximum atomic E-state index is 13.9. The highest BCUT2D eigenvalue weighted by Crippen LogP contribution is 2.40. The SMILES string of the molecule is CC(C)c1cc(C(F)(F)F)c2c([C@@H]3CCCN(C(=O)[C@H](C)n4cncn4)C3)noc2n1. The minimum atomic E-state index is -4.57. The molecular formula is C20H23F3N6O2. The van der Waals surface area contributed by atoms with E-state index in [-0.39, 0.29) is 41.1 Å². The highest BCUT2D eigenvalue weighted by Gasteiger charge is 2.39. The van der Waals surface area contributed by atoms with E-state index in [2.05, 4.69) is 20.2 Å². The predicted octanol–water partition coefficient (Wildman–Crippen LogP) is 3.92. The van der Waals surface area contributed by atoms with Crippen molar-refractivity contribution in [3.05, 3.63) is 35.7 Å². The van der Waals surface area contributed by atoms with E-state index in [1.807, 2.05) is 0 Å². The standard InChI is InChI=1S/C20H23F3N6O2/c1-11(2)15-7-14(20(21,22)23)16-17(27-31-18(16)26-15)13-5-4-6-28(8-13)19(30)12(3)29-10-24-9-25-29/h7,9-13H,4-6,8H2,1-3H3/t12-,13+/m0/s1. The second-order valence-electron chi connectivity index (χ2n) is 8.17. The largest absolute Gasteiger partial charge is 0.417 e. The normalized spacial score (nSPS) is 18.7. The first-order valence-electron chi connectivity index (χ1n) is 10.2. The second kappa shape index (κ2) is 7.93. The summed E-state index contributed by atoms with van der Waals surface area (Å²) >= 11 is 0. The van der Waals surface area contributed by atoms with Crippen molar-refractivity contribution in [3.63, 3.8) is 0 Å². The Hall–Kier alpha value is -2.98. The molecule has 166 valence electrons. The van der Waals surface area contributed by atoms with Crippen molar-refractivity contribution in [3.8, 4) is 0 Å². The second-order valence-corrected chi connectivity index (χ2v) is 8.17. The van der Waals surface area contributed by atoms with Gasteiger partial charge < -0.3 is 9.42 Å². The smallest absolute Gasteiger partial charge is 0.340 e. The molecule has 1 saturated heterocycles. The third-order valence-electron chi connectivity index (χ3n) is 5.70. The number of carbonyl (C=O) groups excluding carboxylic acids is 1. The molecule has 0 radical (unpaired) electrons. The molecule has 11 heteroatoms. The maximum absolute atomic E-state index is 13.9. The van der Waals surface area contributed by atoms with Gasteiger partial charge in [-0.25, -0.2) is 14.6 Å². The zero-order valence-corrected chi connectivity index (χ0v) is 17.4. The number of aromatic nitrogens is 5. The summed E-state index contributed by atoms with van der Waals surface area (Å²) in [6.07, 6.45) is -0.513. The van der Waals surface area contributed by atoms with Crippen LogP contribution in [-0.4, -0.2) is 48.8 Å². The number of nitrogens with zero attached hydrogens (tertiary/aromatic N) is 6. The molecule has 0 bridgehead atoms. The fourth-order valence-corrected chi connectivity index (χ4v) is 3.99. The molecule has 4 heterocycles. The third kappa shape index (κ3) is 4.00. The lowest BCUT2D eigenvalue weighted by Gasteiger charge is -2.33. The van der Waals surface area contributed by atoms with E-state index in [4.69, 9.17) is 4.52 Å². The van der Waals surface area contributed by atoms with E-state index in [0.717, 1.165) is 6.07 Å². The molecule has 1 aliphatic rings. The highest BCUT2D eigenvalue weighted by atomic mass is 19.4. The summed E-state index contributed by atoms with van der Waals surface area (Å²) in [5.74, 6) is -0.742. The van der Waals surface area contributed by atoms with Crippen LogP contribution in [0.4, 0.5) is 13.2 Å². The van der Waals surface area contributed by atoms with E-state index in [0.29, 0.717) is 25.1 Å². The van der Waals surface area contributed by atoms with Crippen molar-refractivity contribution in [2.45, 2.75) is 57.7 Å². The summed E-state index contributed by atoms with van der Waals surface area (Å²) in [6, 6.07) is 0.517. The van der Waals surface area contributed by atoms with Gasteiger partial charge in [0.15, 0.2) is 0 Å². The number of rotatable bonds is 4. The number of amides is 1. The van der Waals surface area contributed by atoms with Gasteiger partial charge in [0.1, 0.15) is 18.7 Å². The molecule has 1 fully saturated rings. The number of pyridine rings is 1. The summed E-state index contributed by atoms with van der Waals surface area (Å²) in [7, 11) is 0. The Kier molecular flexibility index (Phi) is 5.44. The lowest BCUT2D eigenvalue weighted by Crippen LogP contribution is -2.42. The first-order valence-corrected chi connectivity index (χ1v) is 10.2. The molecule has 0 aliphatic carbocycles. The zero-order valence-electron chi connectivity index (χ0n) is 17.4. The lowest BCUT2D eigenvalue weighted by atomic mass is 9.91. The fraction of sp³-hybridized carbons (Fsp3) is 0.550. The molecule has 3 aromatic rings. The van der Waals surface area contributed by atoms with Gasteiger partial charge in [0.2, 0.25) is 5.91 Å². The topological polar surface area (TPSA) is 89.9 Å². The number of fused-ring (bicyclic) bond motifs is 1. The summed E-state index contributed by atoms with van der Waals surface area (Å²) in [5.41, 5.74) is -0.412. The van der Waals surface area contributed by atoms with Gasteiger partial charge in [-0.05, 0) is 31.7 Å². The number of likely N-dealkylation sites (tertiary alicyclic amines) is 1. The molecule has 3 aromatic heterocycles. The van der Waals surface area contributed by atoms with Crippen molar-refractivity contribution in [1.29, 1.82) is 0 Å². The molecule has 8 nitrogen and oxygen atoms in total. The molecule has 1 amide bonds. The van der Waals surface area contributed by atoms with Crippen LogP contribution in [-0.2, 0) is 11.0 Å². The monoisotopic (exact) mass is 436 g/mol. The van der Waals surface area contributed by atoms with Crippen molar-refractivity contribution in [1.82, 2.24) is 29.8 Å². The average Bonchev–Trinajstić information content (AvgIpc) is 3.41. The van der Waals surface area contributed by atoms with E-state index in [9.17, 15) is 18.0 Å². The molecule has 0 aromatic carbocycles. The minimum absolute atomic E-state index is 0.111. The van der Waals surface area contributed by atoms with Gasteiger partial charge in [-0.2, -0.15) is 18.3 Å². The lowest BCUT2D eigenvalue weighted by molar-refractivity contribution is -0.137. The van der Waals surface area contributed by atoms with Crippen LogP contribution in [0.2, 0.25) is 0 Å². The van der Waals surface area contributed by atoms with Crippen molar-refractivity contribution < 1.29 is 22.5 Å². The quantitative estimate of drug-likeness (QED) is 0.616. The average molecular weight is 436 g/mol. The number of carbonyl (C=O) groups is 1. The van der Waals surface area contributed by atoms with Crippen LogP contribution in [0.3, 0.4) is 0 Å². The number of hydrogen-bond acceptors (Lipinski definition) is 6. The Balaban J connectivity index is 1.68. The fourth-order valence-electron chi connectivity index (χ4n) is 3.99. The molecule has 0 N–H and O–H groups in total. The molecule has 2 atom stereocenters. The molecule has 0 spiro atoms. The Bertz CT molecular complexity index is 1080. The van der Waals surface area contributed by atoms with Crippen LogP contribution in [0.15, 0.2) is 23.2 Å². The Morgan fingerprint density at radius 3 is 2.71 bits per heavy atom. The maximum Gasteiger partial charge on any atom is 0.417 e. The van der Waals surface area contributed by atoms with Crippen molar-refractivity contribution in [2.24, 2.45) is 0 Å². The molecule has 31 heavy (non-hydrogen) atoms. The van der Waals surface area contributed by atoms with Crippen LogP contribution in [0.1, 0.15) is 68.4 Å². The first-order chi connectivity index (χ1) is 14.7. The van der Waals surface area contributed by atoms with E-state index in [1.54, 1.807) is 25.7 Å². The van der Waals surface area contributed by atoms with Crippen LogP contribution < -0.4 is 0 Å². The summed E-state index contributed by atoms with van der Waals surface area (Å²) < 4.78 is 48.3. The van der Waals surface area contributed by atoms with Gasteiger partial charge in [-0.1, -0.05) is 19.0 Å². The number of piperidine rings is 1. The summed E-state index contributed by atoms with van der Waals surface area (Å²) in [4.78, 5) is 22.7. The van der Waals surface area contributed by atoms with E-state index >= 15 is 0 Å². The molecule has 1 aliphatic heterocycles. The van der Waals surface area contributed by atoms with Crippen LogP contribution in [0.5, 0.6) is 0 Å². The summed E-state index contributed by atoms with van der Waals surface area (Å²) in [5, 5.41) is 7.87. The van der Waals surface area contributed by atoms with Gasteiger partial charge in [0.25, 0.3) is 5.71 Å². The molecule has 0 saturated carbocycles. The third-order valence-corrected chi connectivity index (χ3v) is 5.70. The number of hydrogen-bond donors (Lipinski definition) is 0. The zero-order chi connectivity index (χ0) is 22.3. The van der Waals surface area contributed by atoms with E-state index in [1.165, 1.54) is 17.3 Å². The highest BCUT2D eigenvalue weighted by molar-refractivity contribution is 5.83. The van der Waals surface area contributed by atoms with Crippen LogP contribution in [0, 0.1) is 0 Å². The first kappa shape index (κ1) is 21.3. The van der Waals surface area contributed by atoms with Crippen molar-refractivity contribution >= 4 is 17.0 Å². The van der Waals surface area contributed by atoms with Gasteiger partial charge in [-0.3, -0.25) is 4.79 Å². The van der Waals surface area contributed by atoms with Gasteiger partial charge >= 0.3 is 6.18 Å². The number of alkyl halides is 3. The van der Waals surface area contributed by atoms with Gasteiger partial charge in [0, 0.05) is 24.7 Å². The number of halogens is 3. The molecule has 4 rings (SSSR count). The Morgan fingerprint density at radius 1 is 1.29 bits per heavy atom. The van der Waals surface area contributed by atoms with Gasteiger partial charge in [0.05, 0.1) is 16.6 Å². The Labute approximate surface area is 176 Å².